The van der Waals surface area contributed by atoms with Crippen LogP contribution in [0.3, 0.4) is 0 Å². The van der Waals surface area contributed by atoms with E-state index in [2.05, 4.69) is 6.92 Å². The fourth-order valence-electron chi connectivity index (χ4n) is 2.18. The molecule has 1 aliphatic rings. The molecule has 1 radical (unpaired) electrons. The van der Waals surface area contributed by atoms with Gasteiger partial charge in [0.05, 0.1) is 6.61 Å². The van der Waals surface area contributed by atoms with Crippen molar-refractivity contribution in [2.75, 3.05) is 6.61 Å². The molecule has 1 aliphatic carbocycles. The molecule has 0 unspecified atom stereocenters. The van der Waals surface area contributed by atoms with Crippen LogP contribution in [-0.2, 0) is 9.53 Å². The number of hydrogen-bond donors (Lipinski definition) is 0. The molecule has 1 aromatic rings. The van der Waals surface area contributed by atoms with Crippen LogP contribution in [0, 0.1) is 5.92 Å². The van der Waals surface area contributed by atoms with Crippen molar-refractivity contribution < 1.29 is 9.53 Å². The molecule has 2 heteroatoms. The lowest BCUT2D eigenvalue weighted by molar-refractivity contribution is -0.139. The van der Waals surface area contributed by atoms with Crippen molar-refractivity contribution in [3.05, 3.63) is 47.4 Å². The predicted octanol–water partition coefficient (Wildman–Crippen LogP) is 3.78. The summed E-state index contributed by atoms with van der Waals surface area (Å²) in [4.78, 5) is 11.9. The first-order chi connectivity index (χ1) is 8.79. The summed E-state index contributed by atoms with van der Waals surface area (Å²) in [6.45, 7) is 4.44. The summed E-state index contributed by atoms with van der Waals surface area (Å²) in [5.74, 6) is 0.652. The van der Waals surface area contributed by atoms with Crippen molar-refractivity contribution in [2.24, 2.45) is 0 Å². The Morgan fingerprint density at radius 1 is 1.17 bits per heavy atom. The normalized spacial score (nSPS) is 14.8. The van der Waals surface area contributed by atoms with Crippen molar-refractivity contribution >= 4 is 11.5 Å². The van der Waals surface area contributed by atoms with E-state index in [0.29, 0.717) is 6.61 Å². The van der Waals surface area contributed by atoms with E-state index in [1.165, 1.54) is 5.57 Å². The summed E-state index contributed by atoms with van der Waals surface area (Å²) < 4.78 is 5.11. The zero-order valence-electron chi connectivity index (χ0n) is 11.0. The van der Waals surface area contributed by atoms with Gasteiger partial charge in [0.25, 0.3) is 0 Å². The molecule has 0 aromatic heterocycles. The molecular formula is C16H19O2. The van der Waals surface area contributed by atoms with Crippen LogP contribution >= 0.6 is 0 Å². The molecule has 1 aromatic carbocycles. The molecule has 0 atom stereocenters. The topological polar surface area (TPSA) is 26.3 Å². The Morgan fingerprint density at radius 3 is 2.50 bits per heavy atom. The molecule has 0 N–H and O–H groups in total. The predicted molar refractivity (Wildman–Crippen MR) is 72.8 cm³/mol. The maximum Gasteiger partial charge on any atom is 0.322 e. The summed E-state index contributed by atoms with van der Waals surface area (Å²) in [7, 11) is 0. The lowest BCUT2D eigenvalue weighted by atomic mass is 10.1. The zero-order valence-corrected chi connectivity index (χ0v) is 11.0. The Hall–Kier alpha value is -1.57. The highest BCUT2D eigenvalue weighted by Crippen LogP contribution is 2.51. The number of rotatable bonds is 6. The fraction of sp³-hybridized carbons (Fsp3) is 0.375. The quantitative estimate of drug-likeness (QED) is 0.711. The second-order valence-corrected chi connectivity index (χ2v) is 4.42. The molecular weight excluding hydrogens is 224 g/mol. The van der Waals surface area contributed by atoms with Gasteiger partial charge in [-0.05, 0) is 36.5 Å². The van der Waals surface area contributed by atoms with Gasteiger partial charge in [-0.3, -0.25) is 4.79 Å². The Morgan fingerprint density at radius 2 is 1.89 bits per heavy atom. The van der Waals surface area contributed by atoms with Gasteiger partial charge in [0.1, 0.15) is 5.92 Å². The molecule has 0 fully saturated rings. The standard InChI is InChI=1S/C16H19O2/c1-3-5-11-13-14(12-9-7-6-8-10-12)15(13)16(17)18-4-2/h6-10H,3-5,11H2,1-2H3. The first-order valence-electron chi connectivity index (χ1n) is 6.63. The number of unbranched alkanes of at least 4 members (excludes halogenated alkanes) is 1. The van der Waals surface area contributed by atoms with Gasteiger partial charge in [0.15, 0.2) is 0 Å². The third-order valence-electron chi connectivity index (χ3n) is 3.11. The molecule has 0 saturated carbocycles. The minimum atomic E-state index is -0.164. The monoisotopic (exact) mass is 243 g/mol. The van der Waals surface area contributed by atoms with Crippen LogP contribution in [0.25, 0.3) is 5.57 Å². The second-order valence-electron chi connectivity index (χ2n) is 4.42. The van der Waals surface area contributed by atoms with Crippen molar-refractivity contribution in [3.8, 4) is 0 Å². The van der Waals surface area contributed by atoms with Crippen molar-refractivity contribution in [3.63, 3.8) is 0 Å². The lowest BCUT2D eigenvalue weighted by Crippen LogP contribution is -2.07. The van der Waals surface area contributed by atoms with E-state index in [9.17, 15) is 4.79 Å². The molecule has 0 amide bonds. The average Bonchev–Trinajstić information content (AvgIpc) is 3.12. The van der Waals surface area contributed by atoms with Crippen LogP contribution in [0.4, 0.5) is 0 Å². The van der Waals surface area contributed by atoms with E-state index < -0.39 is 0 Å². The number of carbonyl (C=O) groups excluding carboxylic acids is 1. The van der Waals surface area contributed by atoms with E-state index >= 15 is 0 Å². The largest absolute Gasteiger partial charge is 0.465 e. The number of benzene rings is 1. The van der Waals surface area contributed by atoms with Gasteiger partial charge in [-0.2, -0.15) is 0 Å². The minimum Gasteiger partial charge on any atom is -0.465 e. The summed E-state index contributed by atoms with van der Waals surface area (Å²) in [6.07, 6.45) is 3.24. The van der Waals surface area contributed by atoms with Gasteiger partial charge in [-0.15, -0.1) is 0 Å². The Balaban J connectivity index is 2.13. The number of esters is 1. The molecule has 2 nitrogen and oxygen atoms in total. The average molecular weight is 243 g/mol. The lowest BCUT2D eigenvalue weighted by Gasteiger charge is -2.01. The smallest absolute Gasteiger partial charge is 0.322 e. The van der Waals surface area contributed by atoms with E-state index in [1.807, 2.05) is 37.3 Å². The van der Waals surface area contributed by atoms with Crippen LogP contribution in [0.2, 0.25) is 0 Å². The van der Waals surface area contributed by atoms with Crippen LogP contribution < -0.4 is 0 Å². The molecule has 2 rings (SSSR count). The van der Waals surface area contributed by atoms with Crippen molar-refractivity contribution in [2.45, 2.75) is 33.1 Å². The zero-order chi connectivity index (χ0) is 13.0. The maximum atomic E-state index is 11.9. The molecule has 0 bridgehead atoms. The van der Waals surface area contributed by atoms with E-state index in [1.54, 1.807) is 0 Å². The van der Waals surface area contributed by atoms with Crippen molar-refractivity contribution in [1.29, 1.82) is 0 Å². The molecule has 0 spiro atoms. The Labute approximate surface area is 109 Å². The Bertz CT molecular complexity index is 445. The highest BCUT2D eigenvalue weighted by Gasteiger charge is 2.44. The number of hydrogen-bond acceptors (Lipinski definition) is 2. The maximum absolute atomic E-state index is 11.9. The molecule has 18 heavy (non-hydrogen) atoms. The van der Waals surface area contributed by atoms with Gasteiger partial charge in [-0.25, -0.2) is 0 Å². The highest BCUT2D eigenvalue weighted by molar-refractivity contribution is 6.19. The number of ether oxygens (including phenoxy) is 1. The summed E-state index contributed by atoms with van der Waals surface area (Å²) in [5, 5.41) is 0. The number of carbonyl (C=O) groups is 1. The van der Waals surface area contributed by atoms with E-state index in [0.717, 1.165) is 36.3 Å². The second kappa shape index (κ2) is 5.85. The van der Waals surface area contributed by atoms with E-state index in [-0.39, 0.29) is 5.97 Å². The van der Waals surface area contributed by atoms with Crippen LogP contribution in [0.15, 0.2) is 35.9 Å². The van der Waals surface area contributed by atoms with Crippen LogP contribution in [0.1, 0.15) is 38.7 Å². The van der Waals surface area contributed by atoms with Gasteiger partial charge in [0, 0.05) is 0 Å². The third-order valence-corrected chi connectivity index (χ3v) is 3.11. The third kappa shape index (κ3) is 2.63. The van der Waals surface area contributed by atoms with Crippen LogP contribution in [0.5, 0.6) is 0 Å². The molecule has 0 heterocycles. The Kier molecular flexibility index (Phi) is 4.19. The van der Waals surface area contributed by atoms with E-state index in [4.69, 9.17) is 4.74 Å². The summed E-state index contributed by atoms with van der Waals surface area (Å²) in [5.41, 5.74) is 3.44. The fourth-order valence-corrected chi connectivity index (χ4v) is 2.18. The summed E-state index contributed by atoms with van der Waals surface area (Å²) in [6, 6.07) is 10.1. The molecule has 0 saturated heterocycles. The van der Waals surface area contributed by atoms with Gasteiger partial charge < -0.3 is 4.74 Å². The SMILES string of the molecule is CCCCC1=C(c2ccccc2)[C]1C(=O)OCC. The van der Waals surface area contributed by atoms with Gasteiger partial charge >= 0.3 is 5.97 Å². The van der Waals surface area contributed by atoms with Crippen molar-refractivity contribution in [1.82, 2.24) is 0 Å². The molecule has 95 valence electrons. The summed E-state index contributed by atoms with van der Waals surface area (Å²) >= 11 is 0. The molecule has 0 aliphatic heterocycles. The van der Waals surface area contributed by atoms with Gasteiger partial charge in [-0.1, -0.05) is 43.7 Å². The van der Waals surface area contributed by atoms with Gasteiger partial charge in [0.2, 0.25) is 0 Å². The first-order valence-corrected chi connectivity index (χ1v) is 6.63. The highest BCUT2D eigenvalue weighted by atomic mass is 16.5. The first kappa shape index (κ1) is 12.9. The van der Waals surface area contributed by atoms with Crippen LogP contribution in [-0.4, -0.2) is 12.6 Å². The minimum absolute atomic E-state index is 0.164.